The van der Waals surface area contributed by atoms with E-state index < -0.39 is 12.2 Å². The number of nitrogens with zero attached hydrogens (tertiary/aromatic N) is 1. The first-order chi connectivity index (χ1) is 8.72. The molecular formula is C13H17N3O2. The number of imidazole rings is 1. The molecule has 0 bridgehead atoms. The van der Waals surface area contributed by atoms with Crippen LogP contribution in [0.2, 0.25) is 0 Å². The van der Waals surface area contributed by atoms with Crippen LogP contribution in [0.1, 0.15) is 18.1 Å². The number of aromatic nitrogens is 2. The lowest BCUT2D eigenvalue weighted by Crippen LogP contribution is -2.21. The summed E-state index contributed by atoms with van der Waals surface area (Å²) in [6, 6.07) is 7.34. The molecule has 0 fully saturated rings. The number of aliphatic hydroxyl groups is 2. The summed E-state index contributed by atoms with van der Waals surface area (Å²) in [5, 5.41) is 19.6. The van der Waals surface area contributed by atoms with E-state index in [0.29, 0.717) is 18.5 Å². The maximum atomic E-state index is 9.92. The normalized spacial score (nSPS) is 14.4. The molecule has 0 spiro atoms. The van der Waals surface area contributed by atoms with E-state index in [2.05, 4.69) is 9.97 Å². The molecule has 1 aromatic heterocycles. The molecule has 0 aliphatic rings. The van der Waals surface area contributed by atoms with Crippen LogP contribution in [0.3, 0.4) is 0 Å². The van der Waals surface area contributed by atoms with Crippen molar-refractivity contribution in [1.29, 1.82) is 0 Å². The van der Waals surface area contributed by atoms with Gasteiger partial charge in [0.1, 0.15) is 6.10 Å². The highest BCUT2D eigenvalue weighted by molar-refractivity contribution is 5.58. The zero-order valence-corrected chi connectivity index (χ0v) is 9.95. The molecule has 5 heteroatoms. The minimum atomic E-state index is -0.899. The number of rotatable bonds is 5. The fraction of sp³-hybridized carbons (Fsp3) is 0.308. The molecule has 1 aromatic carbocycles. The summed E-state index contributed by atoms with van der Waals surface area (Å²) in [7, 11) is 0. The molecule has 1 heterocycles. The van der Waals surface area contributed by atoms with Crippen LogP contribution in [0.25, 0.3) is 11.3 Å². The second kappa shape index (κ2) is 5.77. The molecule has 2 rings (SSSR count). The molecule has 0 aliphatic carbocycles. The van der Waals surface area contributed by atoms with Gasteiger partial charge < -0.3 is 20.9 Å². The SMILES string of the molecule is NCCC(O)C(O)c1ccc(-c2cnc[nH]2)cc1. The molecule has 0 aliphatic heterocycles. The van der Waals surface area contributed by atoms with Gasteiger partial charge in [-0.25, -0.2) is 4.98 Å². The van der Waals surface area contributed by atoms with Crippen molar-refractivity contribution in [2.75, 3.05) is 6.54 Å². The molecule has 0 amide bonds. The number of hydrogen-bond acceptors (Lipinski definition) is 4. The maximum Gasteiger partial charge on any atom is 0.105 e. The number of nitrogens with two attached hydrogens (primary N) is 1. The Labute approximate surface area is 105 Å². The van der Waals surface area contributed by atoms with Gasteiger partial charge >= 0.3 is 0 Å². The van der Waals surface area contributed by atoms with Crippen molar-refractivity contribution in [3.8, 4) is 11.3 Å². The summed E-state index contributed by atoms with van der Waals surface area (Å²) in [5.41, 5.74) is 7.93. The van der Waals surface area contributed by atoms with Gasteiger partial charge in [-0.05, 0) is 24.1 Å². The summed E-state index contributed by atoms with van der Waals surface area (Å²) < 4.78 is 0. The summed E-state index contributed by atoms with van der Waals surface area (Å²) in [6.45, 7) is 0.352. The van der Waals surface area contributed by atoms with Gasteiger partial charge in [0.25, 0.3) is 0 Å². The summed E-state index contributed by atoms with van der Waals surface area (Å²) in [5.74, 6) is 0. The zero-order valence-electron chi connectivity index (χ0n) is 9.95. The maximum absolute atomic E-state index is 9.92. The van der Waals surface area contributed by atoms with E-state index in [9.17, 15) is 10.2 Å². The van der Waals surface area contributed by atoms with Crippen molar-refractivity contribution in [3.05, 3.63) is 42.4 Å². The molecule has 2 atom stereocenters. The van der Waals surface area contributed by atoms with E-state index in [1.165, 1.54) is 0 Å². The van der Waals surface area contributed by atoms with Crippen LogP contribution in [0.4, 0.5) is 0 Å². The topological polar surface area (TPSA) is 95.2 Å². The standard InChI is InChI=1S/C13H17N3O2/c14-6-5-12(17)13(18)10-3-1-9(2-4-10)11-7-15-8-16-11/h1-4,7-8,12-13,17-18H,5-6,14H2,(H,15,16). The Hall–Kier alpha value is -1.69. The van der Waals surface area contributed by atoms with Gasteiger partial charge in [-0.2, -0.15) is 0 Å². The Balaban J connectivity index is 2.12. The van der Waals surface area contributed by atoms with Gasteiger partial charge in [0, 0.05) is 0 Å². The summed E-state index contributed by atoms with van der Waals surface area (Å²) in [6.07, 6.45) is 2.00. The summed E-state index contributed by atoms with van der Waals surface area (Å²) >= 11 is 0. The highest BCUT2D eigenvalue weighted by Crippen LogP contribution is 2.22. The van der Waals surface area contributed by atoms with Crippen molar-refractivity contribution in [3.63, 3.8) is 0 Å². The molecule has 5 nitrogen and oxygen atoms in total. The van der Waals surface area contributed by atoms with E-state index in [-0.39, 0.29) is 0 Å². The van der Waals surface area contributed by atoms with E-state index >= 15 is 0 Å². The first-order valence-electron chi connectivity index (χ1n) is 5.87. The van der Waals surface area contributed by atoms with Gasteiger partial charge in [0.05, 0.1) is 24.3 Å². The fourth-order valence-electron chi connectivity index (χ4n) is 1.82. The van der Waals surface area contributed by atoms with Crippen molar-refractivity contribution in [2.45, 2.75) is 18.6 Å². The third kappa shape index (κ3) is 2.76. The highest BCUT2D eigenvalue weighted by atomic mass is 16.3. The molecule has 2 aromatic rings. The lowest BCUT2D eigenvalue weighted by atomic mass is 10.0. The zero-order chi connectivity index (χ0) is 13.0. The Morgan fingerprint density at radius 2 is 1.94 bits per heavy atom. The molecule has 5 N–H and O–H groups in total. The van der Waals surface area contributed by atoms with Gasteiger partial charge in [-0.3, -0.25) is 0 Å². The Kier molecular flexibility index (Phi) is 4.09. The predicted molar refractivity (Wildman–Crippen MR) is 68.7 cm³/mol. The lowest BCUT2D eigenvalue weighted by Gasteiger charge is -2.17. The number of hydrogen-bond donors (Lipinski definition) is 4. The van der Waals surface area contributed by atoms with E-state index in [0.717, 1.165) is 11.3 Å². The Morgan fingerprint density at radius 3 is 2.50 bits per heavy atom. The quantitative estimate of drug-likeness (QED) is 0.629. The number of aliphatic hydroxyl groups excluding tert-OH is 2. The molecule has 0 saturated carbocycles. The van der Waals surface area contributed by atoms with E-state index in [1.54, 1.807) is 24.7 Å². The second-order valence-electron chi connectivity index (χ2n) is 4.18. The van der Waals surface area contributed by atoms with Gasteiger partial charge in [-0.15, -0.1) is 0 Å². The van der Waals surface area contributed by atoms with Crippen molar-refractivity contribution in [2.24, 2.45) is 5.73 Å². The van der Waals surface area contributed by atoms with Crippen LogP contribution < -0.4 is 5.73 Å². The van der Waals surface area contributed by atoms with Gasteiger partial charge in [-0.1, -0.05) is 24.3 Å². The average molecular weight is 247 g/mol. The summed E-state index contributed by atoms with van der Waals surface area (Å²) in [4.78, 5) is 6.96. The van der Waals surface area contributed by atoms with Crippen LogP contribution in [0, 0.1) is 0 Å². The molecule has 0 radical (unpaired) electrons. The molecular weight excluding hydrogens is 230 g/mol. The van der Waals surface area contributed by atoms with Crippen molar-refractivity contribution >= 4 is 0 Å². The smallest absolute Gasteiger partial charge is 0.105 e. The second-order valence-corrected chi connectivity index (χ2v) is 4.18. The van der Waals surface area contributed by atoms with Crippen LogP contribution in [-0.2, 0) is 0 Å². The number of H-pyrrole nitrogens is 1. The first kappa shape index (κ1) is 12.8. The van der Waals surface area contributed by atoms with Crippen molar-refractivity contribution < 1.29 is 10.2 Å². The molecule has 96 valence electrons. The molecule has 2 unspecified atom stereocenters. The van der Waals surface area contributed by atoms with Crippen molar-refractivity contribution in [1.82, 2.24) is 9.97 Å². The Bertz CT molecular complexity index is 467. The van der Waals surface area contributed by atoms with Gasteiger partial charge in [0.15, 0.2) is 0 Å². The molecule has 18 heavy (non-hydrogen) atoms. The van der Waals surface area contributed by atoms with E-state index in [4.69, 9.17) is 5.73 Å². The largest absolute Gasteiger partial charge is 0.390 e. The van der Waals surface area contributed by atoms with Crippen LogP contribution >= 0.6 is 0 Å². The van der Waals surface area contributed by atoms with Crippen LogP contribution in [0.5, 0.6) is 0 Å². The minimum Gasteiger partial charge on any atom is -0.390 e. The molecule has 0 saturated heterocycles. The number of nitrogens with one attached hydrogen (secondary N) is 1. The van der Waals surface area contributed by atoms with E-state index in [1.807, 2.05) is 12.1 Å². The van der Waals surface area contributed by atoms with Crippen LogP contribution in [0.15, 0.2) is 36.8 Å². The third-order valence-corrected chi connectivity index (χ3v) is 2.89. The lowest BCUT2D eigenvalue weighted by molar-refractivity contribution is 0.0150. The number of benzene rings is 1. The average Bonchev–Trinajstić information content (AvgIpc) is 2.92. The monoisotopic (exact) mass is 247 g/mol. The fourth-order valence-corrected chi connectivity index (χ4v) is 1.82. The van der Waals surface area contributed by atoms with Crippen LogP contribution in [-0.4, -0.2) is 32.8 Å². The predicted octanol–water partition coefficient (Wildman–Crippen LogP) is 0.820. The highest BCUT2D eigenvalue weighted by Gasteiger charge is 2.17. The third-order valence-electron chi connectivity index (χ3n) is 2.89. The van der Waals surface area contributed by atoms with Gasteiger partial charge in [0.2, 0.25) is 0 Å². The minimum absolute atomic E-state index is 0.352. The Morgan fingerprint density at radius 1 is 1.22 bits per heavy atom. The first-order valence-corrected chi connectivity index (χ1v) is 5.87. The number of aromatic amines is 1.